The van der Waals surface area contributed by atoms with Gasteiger partial charge in [-0.2, -0.15) is 0 Å². The summed E-state index contributed by atoms with van der Waals surface area (Å²) >= 11 is 3.22. The lowest BCUT2D eigenvalue weighted by Crippen LogP contribution is -2.26. The highest BCUT2D eigenvalue weighted by Crippen LogP contribution is 2.11. The summed E-state index contributed by atoms with van der Waals surface area (Å²) in [6.07, 6.45) is 4.82. The van der Waals surface area contributed by atoms with E-state index in [1.807, 2.05) is 25.1 Å². The van der Waals surface area contributed by atoms with E-state index in [2.05, 4.69) is 15.9 Å². The quantitative estimate of drug-likeness (QED) is 0.680. The number of allylic oxidation sites excluding steroid dienone is 2. The molecule has 1 rings (SSSR count). The minimum atomic E-state index is 0.0603. The minimum Gasteiger partial charge on any atom is -0.508 e. The zero-order valence-corrected chi connectivity index (χ0v) is 13.4. The lowest BCUT2D eigenvalue weighted by Gasteiger charge is -2.14. The van der Waals surface area contributed by atoms with Gasteiger partial charge in [-0.3, -0.25) is 4.79 Å². The largest absolute Gasteiger partial charge is 0.508 e. The number of amides is 1. The molecule has 1 aromatic carbocycles. The van der Waals surface area contributed by atoms with Crippen molar-refractivity contribution in [3.05, 3.63) is 42.0 Å². The number of benzene rings is 1. The SMILES string of the molecule is CC(=O)N(C)CCc1cccc(O)c1.CC=CCBr. The summed E-state index contributed by atoms with van der Waals surface area (Å²) < 4.78 is 0. The Bertz CT molecular complexity index is 405. The van der Waals surface area contributed by atoms with Gasteiger partial charge < -0.3 is 10.0 Å². The molecule has 1 amide bonds. The van der Waals surface area contributed by atoms with Gasteiger partial charge in [0, 0.05) is 25.8 Å². The smallest absolute Gasteiger partial charge is 0.219 e. The summed E-state index contributed by atoms with van der Waals surface area (Å²) in [6, 6.07) is 7.10. The summed E-state index contributed by atoms with van der Waals surface area (Å²) in [6.45, 7) is 4.22. The van der Waals surface area contributed by atoms with Crippen molar-refractivity contribution < 1.29 is 9.90 Å². The van der Waals surface area contributed by atoms with Crippen molar-refractivity contribution in [1.29, 1.82) is 0 Å². The number of carbonyl (C=O) groups excluding carboxylic acids is 1. The average Bonchev–Trinajstić information content (AvgIpc) is 2.37. The molecule has 0 atom stereocenters. The molecule has 19 heavy (non-hydrogen) atoms. The molecule has 0 saturated carbocycles. The van der Waals surface area contributed by atoms with Crippen LogP contribution in [0.25, 0.3) is 0 Å². The van der Waals surface area contributed by atoms with Crippen LogP contribution in [0.15, 0.2) is 36.4 Å². The number of hydrogen-bond donors (Lipinski definition) is 1. The van der Waals surface area contributed by atoms with Crippen LogP contribution in [0, 0.1) is 0 Å². The Hall–Kier alpha value is -1.29. The van der Waals surface area contributed by atoms with Gasteiger partial charge in [-0.05, 0) is 31.0 Å². The monoisotopic (exact) mass is 327 g/mol. The number of nitrogens with zero attached hydrogens (tertiary/aromatic N) is 1. The molecule has 106 valence electrons. The van der Waals surface area contributed by atoms with Crippen LogP contribution in [-0.2, 0) is 11.2 Å². The number of halogens is 1. The fourth-order valence-electron chi connectivity index (χ4n) is 1.26. The van der Waals surface area contributed by atoms with Crippen molar-refractivity contribution in [2.24, 2.45) is 0 Å². The maximum atomic E-state index is 10.9. The Balaban J connectivity index is 0.000000555. The van der Waals surface area contributed by atoms with Gasteiger partial charge in [-0.15, -0.1) is 0 Å². The van der Waals surface area contributed by atoms with Crippen molar-refractivity contribution in [2.75, 3.05) is 18.9 Å². The van der Waals surface area contributed by atoms with E-state index in [1.165, 1.54) is 0 Å². The molecule has 0 radical (unpaired) electrons. The summed E-state index contributed by atoms with van der Waals surface area (Å²) in [5.41, 5.74) is 1.04. The molecule has 0 fully saturated rings. The maximum absolute atomic E-state index is 10.9. The molecule has 0 aliphatic carbocycles. The Morgan fingerprint density at radius 1 is 1.47 bits per heavy atom. The van der Waals surface area contributed by atoms with Crippen molar-refractivity contribution in [2.45, 2.75) is 20.3 Å². The predicted octanol–water partition coefficient (Wildman–Crippen LogP) is 3.37. The third-order valence-corrected chi connectivity index (χ3v) is 2.88. The number of aromatic hydroxyl groups is 1. The first-order chi connectivity index (χ1) is 9.01. The van der Waals surface area contributed by atoms with Crippen LogP contribution in [0.1, 0.15) is 19.4 Å². The topological polar surface area (TPSA) is 40.5 Å². The lowest BCUT2D eigenvalue weighted by atomic mass is 10.1. The van der Waals surface area contributed by atoms with Crippen molar-refractivity contribution in [1.82, 2.24) is 4.90 Å². The Morgan fingerprint density at radius 3 is 2.58 bits per heavy atom. The fourth-order valence-corrected chi connectivity index (χ4v) is 1.63. The highest BCUT2D eigenvalue weighted by molar-refractivity contribution is 9.09. The van der Waals surface area contributed by atoms with Gasteiger partial charge in [0.2, 0.25) is 5.91 Å². The van der Waals surface area contributed by atoms with Gasteiger partial charge in [-0.25, -0.2) is 0 Å². The maximum Gasteiger partial charge on any atom is 0.219 e. The highest BCUT2D eigenvalue weighted by atomic mass is 79.9. The van der Waals surface area contributed by atoms with E-state index in [-0.39, 0.29) is 11.7 Å². The number of phenolic OH excluding ortho intramolecular Hbond substituents is 1. The van der Waals surface area contributed by atoms with Crippen molar-refractivity contribution >= 4 is 21.8 Å². The van der Waals surface area contributed by atoms with Crippen LogP contribution in [0.3, 0.4) is 0 Å². The molecule has 1 N–H and O–H groups in total. The molecular formula is C15H22BrNO2. The van der Waals surface area contributed by atoms with E-state index in [9.17, 15) is 9.90 Å². The molecule has 0 heterocycles. The number of hydrogen-bond acceptors (Lipinski definition) is 2. The minimum absolute atomic E-state index is 0.0603. The molecule has 0 bridgehead atoms. The molecule has 1 aromatic rings. The van der Waals surface area contributed by atoms with Crippen molar-refractivity contribution in [3.8, 4) is 5.75 Å². The second kappa shape index (κ2) is 10.6. The van der Waals surface area contributed by atoms with E-state index >= 15 is 0 Å². The number of likely N-dealkylation sites (N-methyl/N-ethyl adjacent to an activating group) is 1. The van der Waals surface area contributed by atoms with Crippen molar-refractivity contribution in [3.63, 3.8) is 0 Å². The van der Waals surface area contributed by atoms with Gasteiger partial charge in [0.05, 0.1) is 0 Å². The van der Waals surface area contributed by atoms with Gasteiger partial charge in [0.15, 0.2) is 0 Å². The second-order valence-electron chi connectivity index (χ2n) is 4.08. The Kier molecular flexibility index (Phi) is 9.90. The summed E-state index contributed by atoms with van der Waals surface area (Å²) in [5.74, 6) is 0.332. The Labute approximate surface area is 124 Å². The first kappa shape index (κ1) is 17.7. The summed E-state index contributed by atoms with van der Waals surface area (Å²) in [5, 5.41) is 10.2. The zero-order valence-electron chi connectivity index (χ0n) is 11.8. The van der Waals surface area contributed by atoms with E-state index in [0.717, 1.165) is 17.3 Å². The number of carbonyl (C=O) groups is 1. The summed E-state index contributed by atoms with van der Waals surface area (Å²) in [7, 11) is 1.77. The van der Waals surface area contributed by atoms with Gasteiger partial charge in [0.1, 0.15) is 5.75 Å². The molecule has 3 nitrogen and oxygen atoms in total. The normalized spacial score (nSPS) is 9.89. The van der Waals surface area contributed by atoms with Crippen LogP contribution in [0.4, 0.5) is 0 Å². The predicted molar refractivity (Wildman–Crippen MR) is 83.7 cm³/mol. The van der Waals surface area contributed by atoms with Gasteiger partial charge in [0.25, 0.3) is 0 Å². The van der Waals surface area contributed by atoms with Crippen LogP contribution in [0.5, 0.6) is 5.75 Å². The van der Waals surface area contributed by atoms with Crippen LogP contribution in [-0.4, -0.2) is 34.8 Å². The average molecular weight is 328 g/mol. The molecule has 0 aromatic heterocycles. The molecule has 0 unspecified atom stereocenters. The van der Waals surface area contributed by atoms with Gasteiger partial charge in [-0.1, -0.05) is 40.2 Å². The zero-order chi connectivity index (χ0) is 14.7. The van der Waals surface area contributed by atoms with Gasteiger partial charge >= 0.3 is 0 Å². The fraction of sp³-hybridized carbons (Fsp3) is 0.400. The second-order valence-corrected chi connectivity index (χ2v) is 4.73. The van der Waals surface area contributed by atoms with E-state index in [1.54, 1.807) is 37.1 Å². The number of phenols is 1. The van der Waals surface area contributed by atoms with Crippen LogP contribution >= 0.6 is 15.9 Å². The summed E-state index contributed by atoms with van der Waals surface area (Å²) in [4.78, 5) is 12.6. The third kappa shape index (κ3) is 9.31. The molecule has 0 spiro atoms. The third-order valence-electron chi connectivity index (χ3n) is 2.51. The number of alkyl halides is 1. The molecule has 0 saturated heterocycles. The number of rotatable bonds is 4. The standard InChI is InChI=1S/C11H15NO2.C4H7Br/c1-9(13)12(2)7-6-10-4-3-5-11(14)8-10;1-2-3-4-5/h3-5,8,14H,6-7H2,1-2H3;2-3H,4H2,1H3. The lowest BCUT2D eigenvalue weighted by molar-refractivity contribution is -0.127. The molecule has 0 aliphatic rings. The van der Waals surface area contributed by atoms with Crippen LogP contribution in [0.2, 0.25) is 0 Å². The molecule has 0 aliphatic heterocycles. The van der Waals surface area contributed by atoms with E-state index in [0.29, 0.717) is 6.54 Å². The highest BCUT2D eigenvalue weighted by Gasteiger charge is 2.02. The Morgan fingerprint density at radius 2 is 2.16 bits per heavy atom. The van der Waals surface area contributed by atoms with E-state index in [4.69, 9.17) is 0 Å². The first-order valence-electron chi connectivity index (χ1n) is 6.18. The first-order valence-corrected chi connectivity index (χ1v) is 7.30. The van der Waals surface area contributed by atoms with E-state index < -0.39 is 0 Å². The van der Waals surface area contributed by atoms with Crippen LogP contribution < -0.4 is 0 Å². The molecular weight excluding hydrogens is 306 g/mol. The molecule has 4 heteroatoms.